The van der Waals surface area contributed by atoms with Gasteiger partial charge in [-0.15, -0.1) is 0 Å². The SMILES string of the molecule is COC(=O)CNC(=O)[C@H](NC(=O)OC(C)(C)C)[C@@H](C)OCc1ccccc1. The van der Waals surface area contributed by atoms with Gasteiger partial charge >= 0.3 is 12.1 Å². The summed E-state index contributed by atoms with van der Waals surface area (Å²) >= 11 is 0. The summed E-state index contributed by atoms with van der Waals surface area (Å²) in [4.78, 5) is 35.8. The first-order chi connectivity index (χ1) is 12.6. The molecule has 1 aromatic carbocycles. The third-order valence-electron chi connectivity index (χ3n) is 3.41. The zero-order chi connectivity index (χ0) is 20.4. The third-order valence-corrected chi connectivity index (χ3v) is 3.41. The van der Waals surface area contributed by atoms with E-state index in [1.165, 1.54) is 7.11 Å². The molecule has 0 unspecified atom stereocenters. The van der Waals surface area contributed by atoms with Crippen molar-refractivity contribution in [2.75, 3.05) is 13.7 Å². The number of carbonyl (C=O) groups is 3. The smallest absolute Gasteiger partial charge is 0.408 e. The second kappa shape index (κ2) is 10.5. The van der Waals surface area contributed by atoms with E-state index in [0.29, 0.717) is 0 Å². The molecule has 27 heavy (non-hydrogen) atoms. The zero-order valence-corrected chi connectivity index (χ0v) is 16.4. The minimum atomic E-state index is -1.05. The lowest BCUT2D eigenvalue weighted by Gasteiger charge is -2.26. The van der Waals surface area contributed by atoms with Gasteiger partial charge in [0.05, 0.1) is 19.8 Å². The molecule has 2 amide bonds. The second-order valence-electron chi connectivity index (χ2n) is 6.92. The highest BCUT2D eigenvalue weighted by Crippen LogP contribution is 2.10. The van der Waals surface area contributed by atoms with Crippen molar-refractivity contribution < 1.29 is 28.6 Å². The number of nitrogens with one attached hydrogen (secondary N) is 2. The Hall–Kier alpha value is -2.61. The molecule has 0 aromatic heterocycles. The molecule has 0 heterocycles. The summed E-state index contributed by atoms with van der Waals surface area (Å²) in [6, 6.07) is 8.38. The van der Waals surface area contributed by atoms with Crippen LogP contribution in [0.15, 0.2) is 30.3 Å². The summed E-state index contributed by atoms with van der Waals surface area (Å²) in [6.45, 7) is 6.76. The molecule has 0 fully saturated rings. The number of hydrogen-bond acceptors (Lipinski definition) is 6. The van der Waals surface area contributed by atoms with Crippen molar-refractivity contribution >= 4 is 18.0 Å². The number of hydrogen-bond donors (Lipinski definition) is 2. The van der Waals surface area contributed by atoms with Gasteiger partial charge in [0.1, 0.15) is 18.2 Å². The highest BCUT2D eigenvalue weighted by Gasteiger charge is 2.30. The summed E-state index contributed by atoms with van der Waals surface area (Å²) in [7, 11) is 1.22. The summed E-state index contributed by atoms with van der Waals surface area (Å²) in [5.41, 5.74) is 0.209. The predicted molar refractivity (Wildman–Crippen MR) is 98.9 cm³/mol. The van der Waals surface area contributed by atoms with Gasteiger partial charge in [-0.2, -0.15) is 0 Å². The van der Waals surface area contributed by atoms with Gasteiger partial charge in [0.25, 0.3) is 0 Å². The van der Waals surface area contributed by atoms with Gasteiger partial charge in [-0.1, -0.05) is 30.3 Å². The van der Waals surface area contributed by atoms with Crippen molar-refractivity contribution in [3.8, 4) is 0 Å². The van der Waals surface area contributed by atoms with E-state index >= 15 is 0 Å². The minimum Gasteiger partial charge on any atom is -0.468 e. The van der Waals surface area contributed by atoms with Gasteiger partial charge < -0.3 is 24.8 Å². The van der Waals surface area contributed by atoms with Crippen LogP contribution in [-0.2, 0) is 30.4 Å². The van der Waals surface area contributed by atoms with E-state index in [2.05, 4.69) is 15.4 Å². The number of rotatable bonds is 8. The summed E-state index contributed by atoms with van der Waals surface area (Å²) in [6.07, 6.45) is -1.42. The predicted octanol–water partition coefficient (Wildman–Crippen LogP) is 1.77. The maximum absolute atomic E-state index is 12.4. The molecule has 2 atom stereocenters. The fourth-order valence-electron chi connectivity index (χ4n) is 2.07. The van der Waals surface area contributed by atoms with Crippen molar-refractivity contribution in [1.29, 1.82) is 0 Å². The molecule has 0 aliphatic heterocycles. The quantitative estimate of drug-likeness (QED) is 0.667. The molecule has 0 bridgehead atoms. The van der Waals surface area contributed by atoms with Crippen LogP contribution in [0.2, 0.25) is 0 Å². The number of benzene rings is 1. The first-order valence-corrected chi connectivity index (χ1v) is 8.62. The zero-order valence-electron chi connectivity index (χ0n) is 16.4. The first-order valence-electron chi connectivity index (χ1n) is 8.62. The van der Waals surface area contributed by atoms with E-state index in [-0.39, 0.29) is 13.2 Å². The van der Waals surface area contributed by atoms with Gasteiger partial charge in [-0.25, -0.2) is 4.79 Å². The fraction of sp³-hybridized carbons (Fsp3) is 0.526. The van der Waals surface area contributed by atoms with Crippen LogP contribution in [0.1, 0.15) is 33.3 Å². The highest BCUT2D eigenvalue weighted by molar-refractivity contribution is 5.88. The minimum absolute atomic E-state index is 0.263. The molecule has 1 aromatic rings. The average molecular weight is 380 g/mol. The van der Waals surface area contributed by atoms with Gasteiger partial charge in [-0.3, -0.25) is 9.59 Å². The lowest BCUT2D eigenvalue weighted by atomic mass is 10.1. The van der Waals surface area contributed by atoms with Gasteiger partial charge in [-0.05, 0) is 33.3 Å². The van der Waals surface area contributed by atoms with Crippen LogP contribution in [0.4, 0.5) is 4.79 Å². The Kier molecular flexibility index (Phi) is 8.74. The van der Waals surface area contributed by atoms with Gasteiger partial charge in [0, 0.05) is 0 Å². The largest absolute Gasteiger partial charge is 0.468 e. The molecule has 0 aliphatic carbocycles. The Morgan fingerprint density at radius 2 is 1.74 bits per heavy atom. The number of methoxy groups -OCH3 is 1. The van der Waals surface area contributed by atoms with Crippen LogP contribution >= 0.6 is 0 Å². The van der Waals surface area contributed by atoms with Crippen molar-refractivity contribution in [2.45, 2.75) is 52.0 Å². The average Bonchev–Trinajstić information content (AvgIpc) is 2.61. The fourth-order valence-corrected chi connectivity index (χ4v) is 2.07. The number of amides is 2. The second-order valence-corrected chi connectivity index (χ2v) is 6.92. The van der Waals surface area contributed by atoms with Gasteiger partial charge in [0.2, 0.25) is 5.91 Å². The van der Waals surface area contributed by atoms with E-state index in [1.54, 1.807) is 27.7 Å². The van der Waals surface area contributed by atoms with Crippen LogP contribution in [0.3, 0.4) is 0 Å². The molecule has 8 heteroatoms. The van der Waals surface area contributed by atoms with Crippen LogP contribution in [0.5, 0.6) is 0 Å². The maximum Gasteiger partial charge on any atom is 0.408 e. The van der Waals surface area contributed by atoms with E-state index in [1.807, 2.05) is 30.3 Å². The molecule has 8 nitrogen and oxygen atoms in total. The summed E-state index contributed by atoms with van der Waals surface area (Å²) in [5, 5.41) is 4.92. The van der Waals surface area contributed by atoms with E-state index < -0.39 is 35.7 Å². The van der Waals surface area contributed by atoms with Crippen molar-refractivity contribution in [2.24, 2.45) is 0 Å². The molecule has 0 spiro atoms. The van der Waals surface area contributed by atoms with Crippen molar-refractivity contribution in [1.82, 2.24) is 10.6 Å². The Bertz CT molecular complexity index is 627. The number of ether oxygens (including phenoxy) is 3. The molecule has 150 valence electrons. The van der Waals surface area contributed by atoms with Crippen molar-refractivity contribution in [3.05, 3.63) is 35.9 Å². The standard InChI is InChI=1S/C19H28N2O6/c1-13(26-12-14-9-7-6-8-10-14)16(17(23)20-11-15(22)25-5)21-18(24)27-19(2,3)4/h6-10,13,16H,11-12H2,1-5H3,(H,20,23)(H,21,24)/t13-,16-/m1/s1. The van der Waals surface area contributed by atoms with Crippen LogP contribution < -0.4 is 10.6 Å². The normalized spacial score (nSPS) is 13.2. The topological polar surface area (TPSA) is 103 Å². The lowest BCUT2D eigenvalue weighted by Crippen LogP contribution is -2.54. The lowest BCUT2D eigenvalue weighted by molar-refractivity contribution is -0.141. The molecule has 0 aliphatic rings. The van der Waals surface area contributed by atoms with E-state index in [9.17, 15) is 14.4 Å². The molecule has 0 radical (unpaired) electrons. The summed E-state index contributed by atoms with van der Waals surface area (Å²) < 4.78 is 15.4. The van der Waals surface area contributed by atoms with Crippen LogP contribution in [-0.4, -0.2) is 49.4 Å². The maximum atomic E-state index is 12.4. The monoisotopic (exact) mass is 380 g/mol. The third kappa shape index (κ3) is 9.05. The highest BCUT2D eigenvalue weighted by atomic mass is 16.6. The Morgan fingerprint density at radius 1 is 1.11 bits per heavy atom. The van der Waals surface area contributed by atoms with Crippen molar-refractivity contribution in [3.63, 3.8) is 0 Å². The molecule has 0 saturated carbocycles. The van der Waals surface area contributed by atoms with Crippen LogP contribution in [0, 0.1) is 0 Å². The van der Waals surface area contributed by atoms with E-state index in [0.717, 1.165) is 5.56 Å². The number of esters is 1. The van der Waals surface area contributed by atoms with Gasteiger partial charge in [0.15, 0.2) is 0 Å². The summed E-state index contributed by atoms with van der Waals surface area (Å²) in [5.74, 6) is -1.18. The Labute approximate surface area is 159 Å². The van der Waals surface area contributed by atoms with Crippen LogP contribution in [0.25, 0.3) is 0 Å². The number of alkyl carbamates (subject to hydrolysis) is 1. The number of carbonyl (C=O) groups excluding carboxylic acids is 3. The molecular formula is C19H28N2O6. The molecular weight excluding hydrogens is 352 g/mol. The van der Waals surface area contributed by atoms with E-state index in [4.69, 9.17) is 9.47 Å². The molecule has 2 N–H and O–H groups in total. The Morgan fingerprint density at radius 3 is 2.30 bits per heavy atom. The Balaban J connectivity index is 2.76. The molecule has 1 rings (SSSR count). The molecule has 0 saturated heterocycles. The first kappa shape index (κ1) is 22.4.